The van der Waals surface area contributed by atoms with Gasteiger partial charge >= 0.3 is 256 Å². The summed E-state index contributed by atoms with van der Waals surface area (Å²) in [6, 6.07) is 29.4. The molecule has 204 valence electrons. The van der Waals surface area contributed by atoms with Crippen LogP contribution in [0.15, 0.2) is 84.4 Å². The van der Waals surface area contributed by atoms with Gasteiger partial charge in [-0.1, -0.05) is 0 Å². The summed E-state index contributed by atoms with van der Waals surface area (Å²) in [7, 11) is 15.2. The van der Waals surface area contributed by atoms with Gasteiger partial charge in [-0.05, 0) is 0 Å². The molecule has 0 fully saturated rings. The molecule has 0 bridgehead atoms. The Kier molecular flexibility index (Phi) is 8.19. The summed E-state index contributed by atoms with van der Waals surface area (Å²) in [6.45, 7) is 9.16. The van der Waals surface area contributed by atoms with Crippen LogP contribution in [0.1, 0.15) is 78.8 Å². The van der Waals surface area contributed by atoms with Gasteiger partial charge in [-0.15, -0.1) is 0 Å². The fraction of sp³-hybridized carbons (Fsp3) is 0.278. The Bertz CT molecular complexity index is 1620. The van der Waals surface area contributed by atoms with Gasteiger partial charge in [-0.2, -0.15) is 0 Å². The summed E-state index contributed by atoms with van der Waals surface area (Å²) < 4.78 is 1.46. The number of hydrogen-bond acceptors (Lipinski definition) is 0. The molecule has 0 spiro atoms. The SMILES string of the molecule is CCCCC1=Cc2c(ccc(CC)c2-c2ccccc2C(C)C)[CH]1[Zr]([Cl])([Cl])[c]1cccc2c1[SiH2]c1ccccc1-2. The van der Waals surface area contributed by atoms with Crippen LogP contribution in [0, 0.1) is 0 Å². The number of allylic oxidation sites excluding steroid dienone is 1. The predicted molar refractivity (Wildman–Crippen MR) is 177 cm³/mol. The number of halogens is 2. The van der Waals surface area contributed by atoms with Crippen molar-refractivity contribution in [2.75, 3.05) is 0 Å². The molecule has 1 unspecified atom stereocenters. The molecular weight excluding hydrogens is 623 g/mol. The fourth-order valence-corrected chi connectivity index (χ4v) is 23.9. The van der Waals surface area contributed by atoms with Crippen molar-refractivity contribution in [3.8, 4) is 22.3 Å². The van der Waals surface area contributed by atoms with Gasteiger partial charge in [-0.25, -0.2) is 0 Å². The maximum atomic E-state index is 7.91. The van der Waals surface area contributed by atoms with E-state index in [-0.39, 0.29) is 3.63 Å². The molecule has 4 heteroatoms. The first kappa shape index (κ1) is 28.4. The Morgan fingerprint density at radius 2 is 1.55 bits per heavy atom. The molecule has 1 atom stereocenters. The number of aryl methyl sites for hydroxylation is 1. The van der Waals surface area contributed by atoms with Crippen LogP contribution < -0.4 is 13.6 Å². The van der Waals surface area contributed by atoms with Crippen molar-refractivity contribution in [2.45, 2.75) is 62.9 Å². The molecule has 1 aliphatic carbocycles. The molecule has 6 rings (SSSR count). The average molecular weight is 661 g/mol. The number of rotatable bonds is 8. The number of benzene rings is 4. The van der Waals surface area contributed by atoms with Gasteiger partial charge in [0.1, 0.15) is 0 Å². The first-order valence-corrected chi connectivity index (χ1v) is 25.3. The van der Waals surface area contributed by atoms with Crippen molar-refractivity contribution in [3.63, 3.8) is 0 Å². The topological polar surface area (TPSA) is 0 Å². The average Bonchev–Trinajstić information content (AvgIpc) is 3.54. The predicted octanol–water partition coefficient (Wildman–Crippen LogP) is 8.55. The van der Waals surface area contributed by atoms with Crippen molar-refractivity contribution in [2.24, 2.45) is 0 Å². The van der Waals surface area contributed by atoms with Gasteiger partial charge in [-0.3, -0.25) is 0 Å². The number of hydrogen-bond donors (Lipinski definition) is 0. The van der Waals surface area contributed by atoms with Crippen molar-refractivity contribution >= 4 is 46.3 Å². The standard InChI is InChI=1S/C24H29.C12H9Si.2ClH.Zr/c1-5-7-10-18-15-20-14-13-19(6-2)24(23(20)16-18)22-12-9-8-11-21(22)17(3)4;1-3-7-11-9(5-1)10-6-2-4-8-12(10)13-11;;;/h8-9,11-17H,5-7,10H2,1-4H3;1-7H,13H2;2*1H;/q;;;;+2/p-2. The van der Waals surface area contributed by atoms with Crippen LogP contribution >= 0.6 is 17.0 Å². The zero-order valence-corrected chi connectivity index (χ0v) is 29.4. The van der Waals surface area contributed by atoms with Crippen LogP contribution in [0.2, 0.25) is 0 Å². The van der Waals surface area contributed by atoms with E-state index in [1.165, 1.54) is 70.1 Å². The van der Waals surface area contributed by atoms with Gasteiger partial charge in [0.25, 0.3) is 0 Å². The maximum absolute atomic E-state index is 7.91. The molecule has 0 nitrogen and oxygen atoms in total. The normalized spacial score (nSPS) is 16.3. The minimum absolute atomic E-state index is 0.138. The van der Waals surface area contributed by atoms with E-state index in [1.807, 2.05) is 0 Å². The van der Waals surface area contributed by atoms with Gasteiger partial charge < -0.3 is 0 Å². The molecule has 1 aliphatic heterocycles. The van der Waals surface area contributed by atoms with Crippen molar-refractivity contribution in [1.82, 2.24) is 0 Å². The molecular formula is C36H38Cl2SiZr. The van der Waals surface area contributed by atoms with E-state index in [1.54, 1.807) is 0 Å². The van der Waals surface area contributed by atoms with Gasteiger partial charge in [0.15, 0.2) is 0 Å². The summed E-state index contributed by atoms with van der Waals surface area (Å²) >= 11 is -3.97. The summed E-state index contributed by atoms with van der Waals surface area (Å²) in [4.78, 5) is 0. The van der Waals surface area contributed by atoms with Crippen LogP contribution in [-0.4, -0.2) is 9.52 Å². The van der Waals surface area contributed by atoms with Crippen LogP contribution in [-0.2, 0) is 24.3 Å². The van der Waals surface area contributed by atoms with E-state index >= 15 is 0 Å². The summed E-state index contributed by atoms with van der Waals surface area (Å²) in [5, 5.41) is 3.03. The van der Waals surface area contributed by atoms with Crippen LogP contribution in [0.25, 0.3) is 28.3 Å². The van der Waals surface area contributed by atoms with Crippen molar-refractivity contribution in [3.05, 3.63) is 107 Å². The van der Waals surface area contributed by atoms with Gasteiger partial charge in [0.05, 0.1) is 0 Å². The third kappa shape index (κ3) is 4.78. The number of fused-ring (bicyclic) bond motifs is 4. The molecule has 0 radical (unpaired) electrons. The van der Waals surface area contributed by atoms with Crippen molar-refractivity contribution in [1.29, 1.82) is 0 Å². The van der Waals surface area contributed by atoms with E-state index < -0.39 is 27.4 Å². The molecule has 0 N–H and O–H groups in total. The van der Waals surface area contributed by atoms with Crippen LogP contribution in [0.5, 0.6) is 0 Å². The zero-order valence-electron chi connectivity index (χ0n) is 24.0. The molecule has 4 aromatic rings. The second kappa shape index (κ2) is 11.5. The van der Waals surface area contributed by atoms with Gasteiger partial charge in [0, 0.05) is 0 Å². The van der Waals surface area contributed by atoms with E-state index in [2.05, 4.69) is 113 Å². The molecule has 40 heavy (non-hydrogen) atoms. The Balaban J connectivity index is 1.55. The quantitative estimate of drug-likeness (QED) is 0.146. The molecule has 0 amide bonds. The number of unbranched alkanes of at least 4 members (excludes halogenated alkanes) is 1. The second-order valence-electron chi connectivity index (χ2n) is 11.7. The summed E-state index contributed by atoms with van der Waals surface area (Å²) in [5.74, 6) is 0.454. The fourth-order valence-electron chi connectivity index (χ4n) is 7.05. The van der Waals surface area contributed by atoms with E-state index in [4.69, 9.17) is 17.0 Å². The zero-order chi connectivity index (χ0) is 28.0. The van der Waals surface area contributed by atoms with E-state index in [0.717, 1.165) is 19.3 Å². The monoisotopic (exact) mass is 658 g/mol. The van der Waals surface area contributed by atoms with Crippen molar-refractivity contribution < 1.29 is 17.9 Å². The molecule has 1 heterocycles. The Hall–Kier alpha value is -1.70. The molecule has 2 aliphatic rings. The first-order valence-electron chi connectivity index (χ1n) is 14.9. The third-order valence-corrected chi connectivity index (χ3v) is 23.3. The Morgan fingerprint density at radius 1 is 0.825 bits per heavy atom. The summed E-state index contributed by atoms with van der Waals surface area (Å²) in [5.41, 5.74) is 12.6. The second-order valence-corrected chi connectivity index (χ2v) is 27.6. The molecule has 0 saturated heterocycles. The third-order valence-electron chi connectivity index (χ3n) is 9.00. The molecule has 0 saturated carbocycles. The van der Waals surface area contributed by atoms with Gasteiger partial charge in [0.2, 0.25) is 0 Å². The Labute approximate surface area is 254 Å². The van der Waals surface area contributed by atoms with Crippen LogP contribution in [0.4, 0.5) is 0 Å². The minimum atomic E-state index is -3.97. The Morgan fingerprint density at radius 3 is 2.30 bits per heavy atom. The molecule has 0 aromatic heterocycles. The van der Waals surface area contributed by atoms with E-state index in [9.17, 15) is 0 Å². The van der Waals surface area contributed by atoms with E-state index in [0.29, 0.717) is 5.92 Å². The first-order chi connectivity index (χ1) is 19.4. The molecule has 4 aromatic carbocycles. The van der Waals surface area contributed by atoms with Crippen LogP contribution in [0.3, 0.4) is 0 Å². The summed E-state index contributed by atoms with van der Waals surface area (Å²) in [6.07, 6.45) is 6.90.